The lowest BCUT2D eigenvalue weighted by Gasteiger charge is -2.33. The molecule has 0 unspecified atom stereocenters. The van der Waals surface area contributed by atoms with Gasteiger partial charge in [0.05, 0.1) is 24.1 Å². The van der Waals surface area contributed by atoms with Crippen LogP contribution >= 0.6 is 0 Å². The molecule has 7 nitrogen and oxygen atoms in total. The number of alkyl carbamates (subject to hydrolysis) is 1. The SMILES string of the molecule is CC(C)(C)OC(=O)N[C@H](c1cn2ncc([C@H](N)C3CC3)cc2n1)C1CCC(F)(F)CC1. The number of aromatic nitrogens is 3. The molecule has 170 valence electrons. The highest BCUT2D eigenvalue weighted by atomic mass is 19.3. The van der Waals surface area contributed by atoms with E-state index in [2.05, 4.69) is 15.4 Å². The fraction of sp³-hybridized carbons (Fsp3) is 0.682. The molecule has 31 heavy (non-hydrogen) atoms. The summed E-state index contributed by atoms with van der Waals surface area (Å²) in [5, 5.41) is 7.31. The highest BCUT2D eigenvalue weighted by Gasteiger charge is 2.40. The van der Waals surface area contributed by atoms with E-state index >= 15 is 0 Å². The van der Waals surface area contributed by atoms with Crippen LogP contribution in [0.2, 0.25) is 0 Å². The van der Waals surface area contributed by atoms with Gasteiger partial charge in [0.15, 0.2) is 5.65 Å². The van der Waals surface area contributed by atoms with Crippen LogP contribution < -0.4 is 11.1 Å². The van der Waals surface area contributed by atoms with Crippen LogP contribution in [0.15, 0.2) is 18.5 Å². The Bertz CT molecular complexity index is 941. The summed E-state index contributed by atoms with van der Waals surface area (Å²) in [6.45, 7) is 5.34. The van der Waals surface area contributed by atoms with Crippen LogP contribution in [0, 0.1) is 11.8 Å². The van der Waals surface area contributed by atoms with Gasteiger partial charge in [0.25, 0.3) is 0 Å². The quantitative estimate of drug-likeness (QED) is 0.720. The zero-order valence-corrected chi connectivity index (χ0v) is 18.3. The number of nitrogens with one attached hydrogen (secondary N) is 1. The highest BCUT2D eigenvalue weighted by Crippen LogP contribution is 2.42. The number of carbonyl (C=O) groups excluding carboxylic acids is 1. The smallest absolute Gasteiger partial charge is 0.408 e. The minimum atomic E-state index is -2.65. The van der Waals surface area contributed by atoms with Crippen molar-refractivity contribution >= 4 is 11.7 Å². The van der Waals surface area contributed by atoms with Crippen molar-refractivity contribution in [2.45, 2.75) is 82.9 Å². The minimum absolute atomic E-state index is 0.0612. The standard InChI is InChI=1S/C22H31F2N5O2/c1-21(2,3)31-20(30)28-19(14-6-8-22(23,24)9-7-14)16-12-29-17(27-16)10-15(11-26-29)18(25)13-4-5-13/h10-14,18-19H,4-9,25H2,1-3H3,(H,28,30)/t18-,19+/m1/s1. The summed E-state index contributed by atoms with van der Waals surface area (Å²) in [5.74, 6) is -2.32. The predicted molar refractivity (Wildman–Crippen MR) is 112 cm³/mol. The van der Waals surface area contributed by atoms with Gasteiger partial charge in [-0.05, 0) is 69.9 Å². The van der Waals surface area contributed by atoms with E-state index in [-0.39, 0.29) is 24.8 Å². The maximum Gasteiger partial charge on any atom is 0.408 e. The first-order valence-corrected chi connectivity index (χ1v) is 11.0. The molecule has 1 amide bonds. The number of amides is 1. The molecular weight excluding hydrogens is 404 g/mol. The van der Waals surface area contributed by atoms with Crippen molar-refractivity contribution in [1.29, 1.82) is 0 Å². The maximum atomic E-state index is 13.7. The number of alkyl halides is 2. The van der Waals surface area contributed by atoms with E-state index in [1.165, 1.54) is 0 Å². The van der Waals surface area contributed by atoms with Crippen LogP contribution in [-0.4, -0.2) is 32.2 Å². The average Bonchev–Trinajstić information content (AvgIpc) is 3.43. The molecule has 2 aromatic rings. The van der Waals surface area contributed by atoms with E-state index < -0.39 is 23.7 Å². The molecule has 0 bridgehead atoms. The zero-order valence-electron chi connectivity index (χ0n) is 18.3. The summed E-state index contributed by atoms with van der Waals surface area (Å²) in [6.07, 6.45) is 5.36. The molecule has 2 aliphatic rings. The van der Waals surface area contributed by atoms with Gasteiger partial charge in [-0.15, -0.1) is 0 Å². The van der Waals surface area contributed by atoms with Gasteiger partial charge < -0.3 is 15.8 Å². The van der Waals surface area contributed by atoms with Gasteiger partial charge in [-0.1, -0.05) is 0 Å². The van der Waals surface area contributed by atoms with E-state index in [0.29, 0.717) is 30.1 Å². The number of ether oxygens (including phenoxy) is 1. The van der Waals surface area contributed by atoms with Crippen molar-refractivity contribution in [2.75, 3.05) is 0 Å². The molecule has 2 atom stereocenters. The molecule has 2 aliphatic carbocycles. The molecule has 3 N–H and O–H groups in total. The third kappa shape index (κ3) is 5.31. The lowest BCUT2D eigenvalue weighted by Crippen LogP contribution is -2.40. The summed E-state index contributed by atoms with van der Waals surface area (Å²) in [5.41, 5.74) is 7.79. The second-order valence-corrected chi connectivity index (χ2v) is 9.94. The first kappa shape index (κ1) is 21.9. The summed E-state index contributed by atoms with van der Waals surface area (Å²) in [4.78, 5) is 17.2. The number of fused-ring (bicyclic) bond motifs is 1. The third-order valence-electron chi connectivity index (χ3n) is 6.10. The molecule has 0 saturated heterocycles. The fourth-order valence-corrected chi connectivity index (χ4v) is 4.23. The van der Waals surface area contributed by atoms with Crippen LogP contribution in [0.4, 0.5) is 13.6 Å². The number of rotatable bonds is 5. The largest absolute Gasteiger partial charge is 0.444 e. The number of carbonyl (C=O) groups is 1. The van der Waals surface area contributed by atoms with E-state index in [4.69, 9.17) is 10.5 Å². The molecule has 2 heterocycles. The van der Waals surface area contributed by atoms with Crippen molar-refractivity contribution in [3.8, 4) is 0 Å². The second-order valence-electron chi connectivity index (χ2n) is 9.94. The van der Waals surface area contributed by atoms with Crippen molar-refractivity contribution in [1.82, 2.24) is 19.9 Å². The number of hydrogen-bond donors (Lipinski definition) is 2. The molecule has 2 aromatic heterocycles. The zero-order chi connectivity index (χ0) is 22.4. The van der Waals surface area contributed by atoms with Gasteiger partial charge in [0, 0.05) is 18.9 Å². The fourth-order valence-electron chi connectivity index (χ4n) is 4.23. The van der Waals surface area contributed by atoms with E-state index in [1.54, 1.807) is 37.7 Å². The summed E-state index contributed by atoms with van der Waals surface area (Å²) in [7, 11) is 0. The van der Waals surface area contributed by atoms with Gasteiger partial charge in [0.2, 0.25) is 5.92 Å². The normalized spacial score (nSPS) is 21.6. The minimum Gasteiger partial charge on any atom is -0.444 e. The Kier molecular flexibility index (Phi) is 5.66. The Morgan fingerprint density at radius 3 is 2.55 bits per heavy atom. The molecule has 0 radical (unpaired) electrons. The molecule has 4 rings (SSSR count). The summed E-state index contributed by atoms with van der Waals surface area (Å²) >= 11 is 0. The number of imidazole rings is 1. The van der Waals surface area contributed by atoms with Crippen LogP contribution in [0.5, 0.6) is 0 Å². The van der Waals surface area contributed by atoms with Crippen LogP contribution in [0.25, 0.3) is 5.65 Å². The van der Waals surface area contributed by atoms with Crippen LogP contribution in [-0.2, 0) is 4.74 Å². The van der Waals surface area contributed by atoms with Gasteiger partial charge in [-0.2, -0.15) is 5.10 Å². The molecular formula is C22H31F2N5O2. The Morgan fingerprint density at radius 1 is 1.26 bits per heavy atom. The van der Waals surface area contributed by atoms with Crippen LogP contribution in [0.1, 0.15) is 82.6 Å². The van der Waals surface area contributed by atoms with Crippen molar-refractivity contribution in [3.63, 3.8) is 0 Å². The topological polar surface area (TPSA) is 94.5 Å². The van der Waals surface area contributed by atoms with Crippen LogP contribution in [0.3, 0.4) is 0 Å². The van der Waals surface area contributed by atoms with Gasteiger partial charge in [-0.3, -0.25) is 0 Å². The van der Waals surface area contributed by atoms with E-state index in [1.807, 2.05) is 6.07 Å². The maximum absolute atomic E-state index is 13.7. The molecule has 9 heteroatoms. The van der Waals surface area contributed by atoms with E-state index in [0.717, 1.165) is 18.4 Å². The molecule has 2 fully saturated rings. The summed E-state index contributed by atoms with van der Waals surface area (Å²) in [6, 6.07) is 1.32. The van der Waals surface area contributed by atoms with E-state index in [9.17, 15) is 13.6 Å². The number of halogens is 2. The molecule has 0 aliphatic heterocycles. The highest BCUT2D eigenvalue weighted by molar-refractivity contribution is 5.68. The Labute approximate surface area is 180 Å². The van der Waals surface area contributed by atoms with Gasteiger partial charge in [0.1, 0.15) is 5.60 Å². The summed E-state index contributed by atoms with van der Waals surface area (Å²) < 4.78 is 34.5. The monoisotopic (exact) mass is 435 g/mol. The van der Waals surface area contributed by atoms with Crippen molar-refractivity contribution in [3.05, 3.63) is 29.7 Å². The lowest BCUT2D eigenvalue weighted by molar-refractivity contribution is -0.0500. The molecule has 2 saturated carbocycles. The lowest BCUT2D eigenvalue weighted by atomic mass is 9.81. The van der Waals surface area contributed by atoms with Gasteiger partial charge >= 0.3 is 6.09 Å². The molecule has 0 spiro atoms. The Hall–Kier alpha value is -2.29. The average molecular weight is 436 g/mol. The van der Waals surface area contributed by atoms with Gasteiger partial charge in [-0.25, -0.2) is 23.1 Å². The van der Waals surface area contributed by atoms with Crippen molar-refractivity contribution in [2.24, 2.45) is 17.6 Å². The van der Waals surface area contributed by atoms with Crippen molar-refractivity contribution < 1.29 is 18.3 Å². The Morgan fingerprint density at radius 2 is 1.94 bits per heavy atom. The second kappa shape index (κ2) is 8.00. The predicted octanol–water partition coefficient (Wildman–Crippen LogP) is 4.53. The number of nitrogens with two attached hydrogens (primary N) is 1. The number of nitrogens with zero attached hydrogens (tertiary/aromatic N) is 3. The third-order valence-corrected chi connectivity index (χ3v) is 6.10. The first-order valence-electron chi connectivity index (χ1n) is 11.0. The Balaban J connectivity index is 1.60. The molecule has 0 aromatic carbocycles. The number of hydrogen-bond acceptors (Lipinski definition) is 5. The first-order chi connectivity index (χ1) is 14.5.